The van der Waals surface area contributed by atoms with Crippen LogP contribution in [0.5, 0.6) is 5.88 Å². The molecule has 2 rings (SSSR count). The SMILES string of the molecule is Cc1ccnc(OC2CCCC(C)C2)c1C(=O)O. The van der Waals surface area contributed by atoms with Gasteiger partial charge in [-0.2, -0.15) is 0 Å². The molecule has 0 saturated heterocycles. The second kappa shape index (κ2) is 5.38. The molecule has 0 aromatic carbocycles. The number of rotatable bonds is 3. The first-order valence-electron chi connectivity index (χ1n) is 6.43. The lowest BCUT2D eigenvalue weighted by molar-refractivity contribution is 0.0679. The van der Waals surface area contributed by atoms with Crippen LogP contribution in [0.3, 0.4) is 0 Å². The highest BCUT2D eigenvalue weighted by molar-refractivity contribution is 5.91. The summed E-state index contributed by atoms with van der Waals surface area (Å²) in [4.78, 5) is 15.3. The summed E-state index contributed by atoms with van der Waals surface area (Å²) in [6.45, 7) is 3.97. The number of carboxylic acid groups (broad SMARTS) is 1. The van der Waals surface area contributed by atoms with Crippen molar-refractivity contribution in [3.8, 4) is 5.88 Å². The standard InChI is InChI=1S/C14H19NO3/c1-9-4-3-5-11(8-9)18-13-12(14(16)17)10(2)6-7-15-13/h6-7,9,11H,3-5,8H2,1-2H3,(H,16,17). The number of aromatic nitrogens is 1. The molecule has 4 heteroatoms. The topological polar surface area (TPSA) is 59.4 Å². The van der Waals surface area contributed by atoms with Crippen LogP contribution < -0.4 is 4.74 Å². The van der Waals surface area contributed by atoms with Crippen LogP contribution in [-0.4, -0.2) is 22.2 Å². The maximum Gasteiger partial charge on any atom is 0.341 e. The molecule has 1 heterocycles. The number of carboxylic acids is 1. The lowest BCUT2D eigenvalue weighted by atomic mass is 9.89. The number of ether oxygens (including phenoxy) is 1. The Balaban J connectivity index is 2.18. The molecular formula is C14H19NO3. The summed E-state index contributed by atoms with van der Waals surface area (Å²) in [7, 11) is 0. The van der Waals surface area contributed by atoms with Gasteiger partial charge < -0.3 is 9.84 Å². The van der Waals surface area contributed by atoms with E-state index in [2.05, 4.69) is 11.9 Å². The molecule has 0 amide bonds. The predicted octanol–water partition coefficient (Wildman–Crippen LogP) is 3.05. The van der Waals surface area contributed by atoms with Crippen molar-refractivity contribution >= 4 is 5.97 Å². The van der Waals surface area contributed by atoms with Crippen LogP contribution in [0.4, 0.5) is 0 Å². The number of aryl methyl sites for hydroxylation is 1. The summed E-state index contributed by atoms with van der Waals surface area (Å²) in [6, 6.07) is 1.69. The predicted molar refractivity (Wildman–Crippen MR) is 68.0 cm³/mol. The van der Waals surface area contributed by atoms with Crippen LogP contribution in [0.2, 0.25) is 0 Å². The Morgan fingerprint density at radius 3 is 2.94 bits per heavy atom. The van der Waals surface area contributed by atoms with Gasteiger partial charge in [-0.15, -0.1) is 0 Å². The van der Waals surface area contributed by atoms with Gasteiger partial charge in [0.1, 0.15) is 11.7 Å². The molecule has 0 spiro atoms. The van der Waals surface area contributed by atoms with Crippen molar-refractivity contribution in [1.29, 1.82) is 0 Å². The fourth-order valence-corrected chi connectivity index (χ4v) is 2.53. The van der Waals surface area contributed by atoms with Gasteiger partial charge in [0.2, 0.25) is 5.88 Å². The maximum atomic E-state index is 11.2. The molecule has 1 aromatic rings. The van der Waals surface area contributed by atoms with Crippen molar-refractivity contribution in [2.45, 2.75) is 45.6 Å². The molecule has 1 saturated carbocycles. The third-order valence-corrected chi connectivity index (χ3v) is 3.50. The molecule has 1 aliphatic carbocycles. The Morgan fingerprint density at radius 1 is 1.50 bits per heavy atom. The van der Waals surface area contributed by atoms with E-state index in [1.807, 2.05) is 0 Å². The normalized spacial score (nSPS) is 23.7. The molecule has 1 aromatic heterocycles. The second-order valence-electron chi connectivity index (χ2n) is 5.12. The van der Waals surface area contributed by atoms with E-state index in [1.54, 1.807) is 19.2 Å². The van der Waals surface area contributed by atoms with Gasteiger partial charge in [-0.05, 0) is 43.7 Å². The smallest absolute Gasteiger partial charge is 0.341 e. The van der Waals surface area contributed by atoms with Crippen LogP contribution >= 0.6 is 0 Å². The van der Waals surface area contributed by atoms with Gasteiger partial charge in [0.15, 0.2) is 0 Å². The maximum absolute atomic E-state index is 11.2. The Bertz CT molecular complexity index is 445. The highest BCUT2D eigenvalue weighted by Gasteiger charge is 2.23. The quantitative estimate of drug-likeness (QED) is 0.894. The zero-order valence-corrected chi connectivity index (χ0v) is 10.8. The number of nitrogens with zero attached hydrogens (tertiary/aromatic N) is 1. The van der Waals surface area contributed by atoms with Gasteiger partial charge >= 0.3 is 5.97 Å². The largest absolute Gasteiger partial charge is 0.477 e. The monoisotopic (exact) mass is 249 g/mol. The van der Waals surface area contributed by atoms with Gasteiger partial charge in [0.05, 0.1) is 0 Å². The molecule has 18 heavy (non-hydrogen) atoms. The van der Waals surface area contributed by atoms with Crippen LogP contribution in [0.25, 0.3) is 0 Å². The lowest BCUT2D eigenvalue weighted by Gasteiger charge is -2.27. The number of aromatic carboxylic acids is 1. The fourth-order valence-electron chi connectivity index (χ4n) is 2.53. The van der Waals surface area contributed by atoms with Gasteiger partial charge in [-0.1, -0.05) is 13.3 Å². The highest BCUT2D eigenvalue weighted by Crippen LogP contribution is 2.28. The molecule has 0 bridgehead atoms. The molecular weight excluding hydrogens is 230 g/mol. The van der Waals surface area contributed by atoms with E-state index in [1.165, 1.54) is 6.42 Å². The molecule has 2 unspecified atom stereocenters. The van der Waals surface area contributed by atoms with E-state index in [0.29, 0.717) is 11.5 Å². The van der Waals surface area contributed by atoms with Gasteiger partial charge in [0.25, 0.3) is 0 Å². The summed E-state index contributed by atoms with van der Waals surface area (Å²) in [5, 5.41) is 9.21. The van der Waals surface area contributed by atoms with Crippen LogP contribution in [0, 0.1) is 12.8 Å². The average Bonchev–Trinajstić information content (AvgIpc) is 2.28. The first-order valence-corrected chi connectivity index (χ1v) is 6.43. The third-order valence-electron chi connectivity index (χ3n) is 3.50. The van der Waals surface area contributed by atoms with Crippen LogP contribution in [0.15, 0.2) is 12.3 Å². The van der Waals surface area contributed by atoms with E-state index >= 15 is 0 Å². The van der Waals surface area contributed by atoms with Gasteiger partial charge in [-0.25, -0.2) is 9.78 Å². The number of hydrogen-bond donors (Lipinski definition) is 1. The zero-order chi connectivity index (χ0) is 13.1. The van der Waals surface area contributed by atoms with E-state index in [0.717, 1.165) is 19.3 Å². The highest BCUT2D eigenvalue weighted by atomic mass is 16.5. The Hall–Kier alpha value is -1.58. The van der Waals surface area contributed by atoms with E-state index in [9.17, 15) is 9.90 Å². The van der Waals surface area contributed by atoms with Crippen molar-refractivity contribution in [3.63, 3.8) is 0 Å². The molecule has 1 aliphatic rings. The van der Waals surface area contributed by atoms with Crippen molar-refractivity contribution in [3.05, 3.63) is 23.4 Å². The molecule has 1 fully saturated rings. The summed E-state index contributed by atoms with van der Waals surface area (Å²) in [5.41, 5.74) is 0.882. The van der Waals surface area contributed by atoms with Crippen molar-refractivity contribution in [2.24, 2.45) is 5.92 Å². The van der Waals surface area contributed by atoms with Crippen LogP contribution in [0.1, 0.15) is 48.5 Å². The molecule has 1 N–H and O–H groups in total. The molecule has 4 nitrogen and oxygen atoms in total. The van der Waals surface area contributed by atoms with Crippen LogP contribution in [-0.2, 0) is 0 Å². The molecule has 98 valence electrons. The average molecular weight is 249 g/mol. The van der Waals surface area contributed by atoms with E-state index < -0.39 is 5.97 Å². The number of hydrogen-bond acceptors (Lipinski definition) is 3. The van der Waals surface area contributed by atoms with E-state index in [4.69, 9.17) is 4.74 Å². The minimum atomic E-state index is -0.973. The third kappa shape index (κ3) is 2.81. The van der Waals surface area contributed by atoms with Crippen molar-refractivity contribution < 1.29 is 14.6 Å². The number of carbonyl (C=O) groups is 1. The Labute approximate surface area is 107 Å². The minimum absolute atomic E-state index is 0.0983. The van der Waals surface area contributed by atoms with Gasteiger partial charge in [-0.3, -0.25) is 0 Å². The first-order chi connectivity index (χ1) is 8.58. The summed E-state index contributed by atoms with van der Waals surface area (Å²) < 4.78 is 5.81. The number of pyridine rings is 1. The van der Waals surface area contributed by atoms with Crippen molar-refractivity contribution in [2.75, 3.05) is 0 Å². The summed E-state index contributed by atoms with van der Waals surface area (Å²) in [6.07, 6.45) is 6.03. The zero-order valence-electron chi connectivity index (χ0n) is 10.8. The second-order valence-corrected chi connectivity index (χ2v) is 5.12. The Morgan fingerprint density at radius 2 is 2.28 bits per heavy atom. The van der Waals surface area contributed by atoms with Gasteiger partial charge in [0, 0.05) is 6.20 Å². The molecule has 2 atom stereocenters. The summed E-state index contributed by atoms with van der Waals surface area (Å²) in [5.74, 6) is -0.0668. The fraction of sp³-hybridized carbons (Fsp3) is 0.571. The summed E-state index contributed by atoms with van der Waals surface area (Å²) >= 11 is 0. The molecule has 0 aliphatic heterocycles. The molecule has 0 radical (unpaired) electrons. The lowest BCUT2D eigenvalue weighted by Crippen LogP contribution is -2.25. The van der Waals surface area contributed by atoms with E-state index in [-0.39, 0.29) is 17.5 Å². The minimum Gasteiger partial charge on any atom is -0.477 e. The first kappa shape index (κ1) is 12.9. The van der Waals surface area contributed by atoms with Crippen molar-refractivity contribution in [1.82, 2.24) is 4.98 Å². The Kier molecular flexibility index (Phi) is 3.84.